The van der Waals surface area contributed by atoms with Crippen LogP contribution in [0.3, 0.4) is 0 Å². The van der Waals surface area contributed by atoms with Crippen molar-refractivity contribution >= 4 is 22.2 Å². The van der Waals surface area contributed by atoms with Gasteiger partial charge in [0, 0.05) is 5.56 Å². The van der Waals surface area contributed by atoms with Crippen LogP contribution in [0.1, 0.15) is 13.3 Å². The normalized spacial score (nSPS) is 12.6. The van der Waals surface area contributed by atoms with Gasteiger partial charge in [0.2, 0.25) is 0 Å². The standard InChI is InChI=1S/C20H20N4O/c1-2-15(13-25)22-19-10-11-20-21-12-18(24(20)23-19)17-9-5-7-14-6-3-4-8-16(14)17/h3-12,15,25H,2,13H2,1H3,(H,22,23). The van der Waals surface area contributed by atoms with Gasteiger partial charge in [-0.3, -0.25) is 0 Å². The van der Waals surface area contributed by atoms with Crippen LogP contribution in [0.2, 0.25) is 0 Å². The Hall–Kier alpha value is -2.92. The number of hydrogen-bond acceptors (Lipinski definition) is 4. The summed E-state index contributed by atoms with van der Waals surface area (Å²) in [6.07, 6.45) is 2.69. The number of aromatic nitrogens is 3. The van der Waals surface area contributed by atoms with E-state index in [0.717, 1.165) is 29.1 Å². The van der Waals surface area contributed by atoms with Crippen molar-refractivity contribution in [3.05, 3.63) is 60.8 Å². The first kappa shape index (κ1) is 15.6. The van der Waals surface area contributed by atoms with Crippen LogP contribution in [0.25, 0.3) is 27.7 Å². The van der Waals surface area contributed by atoms with Gasteiger partial charge in [-0.15, -0.1) is 5.10 Å². The summed E-state index contributed by atoms with van der Waals surface area (Å²) >= 11 is 0. The van der Waals surface area contributed by atoms with Crippen molar-refractivity contribution in [1.82, 2.24) is 14.6 Å². The van der Waals surface area contributed by atoms with Gasteiger partial charge < -0.3 is 10.4 Å². The fourth-order valence-corrected chi connectivity index (χ4v) is 3.07. The second-order valence-corrected chi connectivity index (χ2v) is 6.09. The number of imidazole rings is 1. The Morgan fingerprint density at radius 1 is 1.08 bits per heavy atom. The Morgan fingerprint density at radius 3 is 2.76 bits per heavy atom. The molecule has 2 heterocycles. The van der Waals surface area contributed by atoms with Crippen molar-refractivity contribution in [2.75, 3.05) is 11.9 Å². The molecule has 25 heavy (non-hydrogen) atoms. The maximum absolute atomic E-state index is 9.40. The molecule has 2 N–H and O–H groups in total. The molecule has 1 atom stereocenters. The Bertz CT molecular complexity index is 1020. The second kappa shape index (κ2) is 6.53. The van der Waals surface area contributed by atoms with Gasteiger partial charge >= 0.3 is 0 Å². The number of hydrogen-bond donors (Lipinski definition) is 2. The molecule has 5 heteroatoms. The molecule has 1 unspecified atom stereocenters. The SMILES string of the molecule is CCC(CO)Nc1ccc2ncc(-c3cccc4ccccc34)n2n1. The summed E-state index contributed by atoms with van der Waals surface area (Å²) in [5, 5.41) is 19.7. The van der Waals surface area contributed by atoms with Crippen LogP contribution in [-0.4, -0.2) is 32.4 Å². The van der Waals surface area contributed by atoms with E-state index in [-0.39, 0.29) is 12.6 Å². The first-order chi connectivity index (χ1) is 12.3. The van der Waals surface area contributed by atoms with E-state index >= 15 is 0 Å². The lowest BCUT2D eigenvalue weighted by Crippen LogP contribution is -2.23. The average molecular weight is 332 g/mol. The van der Waals surface area contributed by atoms with Gasteiger partial charge in [-0.2, -0.15) is 0 Å². The van der Waals surface area contributed by atoms with E-state index in [2.05, 4.69) is 45.7 Å². The summed E-state index contributed by atoms with van der Waals surface area (Å²) < 4.78 is 1.86. The van der Waals surface area contributed by atoms with Gasteiger partial charge in [0.15, 0.2) is 5.65 Å². The number of anilines is 1. The number of nitrogens with zero attached hydrogens (tertiary/aromatic N) is 3. The van der Waals surface area contributed by atoms with Crippen molar-refractivity contribution in [3.8, 4) is 11.3 Å². The van der Waals surface area contributed by atoms with Gasteiger partial charge in [0.25, 0.3) is 0 Å². The zero-order valence-electron chi connectivity index (χ0n) is 14.1. The van der Waals surface area contributed by atoms with Crippen LogP contribution in [0.4, 0.5) is 5.82 Å². The molecule has 2 aromatic carbocycles. The first-order valence-electron chi connectivity index (χ1n) is 8.50. The Labute approximate surface area is 145 Å². The number of rotatable bonds is 5. The monoisotopic (exact) mass is 332 g/mol. The summed E-state index contributed by atoms with van der Waals surface area (Å²) in [6.45, 7) is 2.11. The Morgan fingerprint density at radius 2 is 1.92 bits per heavy atom. The molecule has 0 aliphatic heterocycles. The fraction of sp³-hybridized carbons (Fsp3) is 0.200. The zero-order chi connectivity index (χ0) is 17.2. The minimum atomic E-state index is -0.00511. The van der Waals surface area contributed by atoms with Crippen molar-refractivity contribution in [1.29, 1.82) is 0 Å². The number of aliphatic hydroxyl groups is 1. The molecule has 0 spiro atoms. The molecule has 126 valence electrons. The van der Waals surface area contributed by atoms with Gasteiger partial charge in [0.1, 0.15) is 5.82 Å². The molecule has 0 aliphatic rings. The molecule has 0 saturated heterocycles. The molecule has 0 saturated carbocycles. The predicted octanol–water partition coefficient (Wildman–Crippen LogP) is 3.73. The highest BCUT2D eigenvalue weighted by Crippen LogP contribution is 2.29. The highest BCUT2D eigenvalue weighted by molar-refractivity contribution is 5.96. The predicted molar refractivity (Wildman–Crippen MR) is 101 cm³/mol. The van der Waals surface area contributed by atoms with Crippen LogP contribution in [-0.2, 0) is 0 Å². The molecule has 0 fully saturated rings. The molecule has 0 radical (unpaired) electrons. The molecule has 5 nitrogen and oxygen atoms in total. The van der Waals surface area contributed by atoms with E-state index in [1.165, 1.54) is 10.8 Å². The van der Waals surface area contributed by atoms with E-state index in [0.29, 0.717) is 0 Å². The first-order valence-corrected chi connectivity index (χ1v) is 8.50. The molecule has 0 aliphatic carbocycles. The molecule has 4 aromatic rings. The Kier molecular flexibility index (Phi) is 4.07. The zero-order valence-corrected chi connectivity index (χ0v) is 14.1. The lowest BCUT2D eigenvalue weighted by atomic mass is 10.0. The van der Waals surface area contributed by atoms with E-state index in [1.807, 2.05) is 41.9 Å². The van der Waals surface area contributed by atoms with Crippen LogP contribution >= 0.6 is 0 Å². The molecular formula is C20H20N4O. The highest BCUT2D eigenvalue weighted by atomic mass is 16.3. The topological polar surface area (TPSA) is 62.5 Å². The molecule has 0 amide bonds. The summed E-state index contributed by atoms with van der Waals surface area (Å²) in [5.41, 5.74) is 2.85. The second-order valence-electron chi connectivity index (χ2n) is 6.09. The maximum atomic E-state index is 9.40. The van der Waals surface area contributed by atoms with E-state index in [4.69, 9.17) is 0 Å². The molecule has 0 bridgehead atoms. The Balaban J connectivity index is 1.84. The third kappa shape index (κ3) is 2.83. The number of aliphatic hydroxyl groups excluding tert-OH is 1. The third-order valence-electron chi connectivity index (χ3n) is 4.49. The number of fused-ring (bicyclic) bond motifs is 2. The smallest absolute Gasteiger partial charge is 0.154 e. The van der Waals surface area contributed by atoms with Gasteiger partial charge in [-0.25, -0.2) is 9.50 Å². The van der Waals surface area contributed by atoms with Gasteiger partial charge in [0.05, 0.1) is 24.5 Å². The van der Waals surface area contributed by atoms with Crippen molar-refractivity contribution in [2.24, 2.45) is 0 Å². The van der Waals surface area contributed by atoms with Crippen molar-refractivity contribution in [3.63, 3.8) is 0 Å². The minimum Gasteiger partial charge on any atom is -0.394 e. The van der Waals surface area contributed by atoms with Crippen LogP contribution in [0.5, 0.6) is 0 Å². The third-order valence-corrected chi connectivity index (χ3v) is 4.49. The maximum Gasteiger partial charge on any atom is 0.154 e. The summed E-state index contributed by atoms with van der Waals surface area (Å²) in [6, 6.07) is 18.4. The lowest BCUT2D eigenvalue weighted by molar-refractivity contribution is 0.271. The molecular weight excluding hydrogens is 312 g/mol. The summed E-state index contributed by atoms with van der Waals surface area (Å²) in [7, 11) is 0. The average Bonchev–Trinajstić information content (AvgIpc) is 3.08. The van der Waals surface area contributed by atoms with Crippen LogP contribution in [0.15, 0.2) is 60.8 Å². The molecule has 2 aromatic heterocycles. The lowest BCUT2D eigenvalue weighted by Gasteiger charge is -2.14. The van der Waals surface area contributed by atoms with E-state index in [9.17, 15) is 5.11 Å². The summed E-state index contributed by atoms with van der Waals surface area (Å²) in [4.78, 5) is 4.49. The summed E-state index contributed by atoms with van der Waals surface area (Å²) in [5.74, 6) is 0.730. The van der Waals surface area contributed by atoms with Crippen LogP contribution < -0.4 is 5.32 Å². The minimum absolute atomic E-state index is 0.00511. The van der Waals surface area contributed by atoms with E-state index in [1.54, 1.807) is 0 Å². The highest BCUT2D eigenvalue weighted by Gasteiger charge is 2.12. The van der Waals surface area contributed by atoms with Crippen molar-refractivity contribution < 1.29 is 5.11 Å². The fourth-order valence-electron chi connectivity index (χ4n) is 3.07. The van der Waals surface area contributed by atoms with Crippen molar-refractivity contribution in [2.45, 2.75) is 19.4 Å². The van der Waals surface area contributed by atoms with Crippen LogP contribution in [0, 0.1) is 0 Å². The quantitative estimate of drug-likeness (QED) is 0.584. The number of nitrogens with one attached hydrogen (secondary N) is 1. The largest absolute Gasteiger partial charge is 0.394 e. The number of benzene rings is 2. The van der Waals surface area contributed by atoms with Gasteiger partial charge in [-0.1, -0.05) is 49.4 Å². The molecule has 4 rings (SSSR count). The van der Waals surface area contributed by atoms with Gasteiger partial charge in [-0.05, 0) is 29.3 Å². The van der Waals surface area contributed by atoms with E-state index < -0.39 is 0 Å².